The molecule has 1 atom stereocenters. The third-order valence-corrected chi connectivity index (χ3v) is 5.55. The van der Waals surface area contributed by atoms with Gasteiger partial charge in [-0.15, -0.1) is 0 Å². The number of methoxy groups -OCH3 is 1. The van der Waals surface area contributed by atoms with Crippen LogP contribution in [0.15, 0.2) is 24.3 Å². The minimum atomic E-state index is -1.03. The molecule has 6 heteroatoms. The Balaban J connectivity index is 2.83. The SMILES string of the molecule is CCC(C)(C)CC(C)(C(=O)OCOc1ccc(/C=C/C(=O)O)cc1OC)C(C)C. The Morgan fingerprint density at radius 3 is 2.34 bits per heavy atom. The Morgan fingerprint density at radius 2 is 1.83 bits per heavy atom. The number of carbonyl (C=O) groups is 2. The summed E-state index contributed by atoms with van der Waals surface area (Å²) in [6.45, 7) is 12.2. The number of hydrogen-bond donors (Lipinski definition) is 1. The molecular weight excluding hydrogens is 372 g/mol. The summed E-state index contributed by atoms with van der Waals surface area (Å²) in [6, 6.07) is 5.00. The largest absolute Gasteiger partial charge is 0.493 e. The average molecular weight is 407 g/mol. The van der Waals surface area contributed by atoms with E-state index in [1.807, 2.05) is 20.8 Å². The van der Waals surface area contributed by atoms with Crippen LogP contribution in [-0.2, 0) is 14.3 Å². The van der Waals surface area contributed by atoms with Crippen molar-refractivity contribution in [2.24, 2.45) is 16.7 Å². The van der Waals surface area contributed by atoms with Crippen LogP contribution < -0.4 is 9.47 Å². The highest BCUT2D eigenvalue weighted by atomic mass is 16.7. The zero-order chi connectivity index (χ0) is 22.2. The number of benzene rings is 1. The molecule has 0 bridgehead atoms. The molecule has 1 N–H and O–H groups in total. The summed E-state index contributed by atoms with van der Waals surface area (Å²) in [5.41, 5.74) is 0.0719. The molecule has 0 aromatic heterocycles. The molecule has 0 radical (unpaired) electrons. The van der Waals surface area contributed by atoms with E-state index < -0.39 is 11.4 Å². The highest BCUT2D eigenvalue weighted by Crippen LogP contribution is 2.42. The second-order valence-corrected chi connectivity index (χ2v) is 8.54. The van der Waals surface area contributed by atoms with Crippen LogP contribution >= 0.6 is 0 Å². The predicted octanol–water partition coefficient (Wildman–Crippen LogP) is 5.16. The summed E-state index contributed by atoms with van der Waals surface area (Å²) in [6.07, 6.45) is 4.19. The molecule has 1 rings (SSSR count). The van der Waals surface area contributed by atoms with Crippen LogP contribution in [-0.4, -0.2) is 30.9 Å². The Bertz CT molecular complexity index is 735. The number of carboxylic acid groups (broad SMARTS) is 1. The lowest BCUT2D eigenvalue weighted by molar-refractivity contribution is -0.167. The van der Waals surface area contributed by atoms with Gasteiger partial charge in [0.25, 0.3) is 0 Å². The van der Waals surface area contributed by atoms with Crippen molar-refractivity contribution in [2.45, 2.75) is 54.4 Å². The summed E-state index contributed by atoms with van der Waals surface area (Å²) in [5.74, 6) is -0.361. The first-order valence-electron chi connectivity index (χ1n) is 9.84. The van der Waals surface area contributed by atoms with Crippen molar-refractivity contribution in [1.82, 2.24) is 0 Å². The van der Waals surface area contributed by atoms with Crippen LogP contribution in [0.1, 0.15) is 59.9 Å². The quantitative estimate of drug-likeness (QED) is 0.310. The van der Waals surface area contributed by atoms with Crippen LogP contribution in [0.25, 0.3) is 6.08 Å². The second-order valence-electron chi connectivity index (χ2n) is 8.54. The summed E-state index contributed by atoms with van der Waals surface area (Å²) in [5, 5.41) is 8.72. The van der Waals surface area contributed by atoms with Gasteiger partial charge in [-0.05, 0) is 48.4 Å². The van der Waals surface area contributed by atoms with Crippen LogP contribution in [0.4, 0.5) is 0 Å². The van der Waals surface area contributed by atoms with Gasteiger partial charge in [0.1, 0.15) is 0 Å². The van der Waals surface area contributed by atoms with Gasteiger partial charge in [0.05, 0.1) is 12.5 Å². The van der Waals surface area contributed by atoms with Crippen molar-refractivity contribution >= 4 is 18.0 Å². The van der Waals surface area contributed by atoms with Crippen molar-refractivity contribution in [3.05, 3.63) is 29.8 Å². The van der Waals surface area contributed by atoms with Gasteiger partial charge >= 0.3 is 11.9 Å². The highest BCUT2D eigenvalue weighted by molar-refractivity contribution is 5.85. The monoisotopic (exact) mass is 406 g/mol. The van der Waals surface area contributed by atoms with Crippen molar-refractivity contribution in [1.29, 1.82) is 0 Å². The number of esters is 1. The maximum absolute atomic E-state index is 12.8. The highest BCUT2D eigenvalue weighted by Gasteiger charge is 2.42. The number of carbonyl (C=O) groups excluding carboxylic acids is 1. The average Bonchev–Trinajstić information content (AvgIpc) is 2.66. The third-order valence-electron chi connectivity index (χ3n) is 5.55. The maximum Gasteiger partial charge on any atom is 0.328 e. The molecule has 1 aromatic carbocycles. The van der Waals surface area contributed by atoms with E-state index in [-0.39, 0.29) is 24.1 Å². The molecule has 0 spiro atoms. The summed E-state index contributed by atoms with van der Waals surface area (Å²) < 4.78 is 16.4. The van der Waals surface area contributed by atoms with E-state index in [0.29, 0.717) is 17.1 Å². The fourth-order valence-corrected chi connectivity index (χ4v) is 3.02. The summed E-state index contributed by atoms with van der Waals surface area (Å²) in [7, 11) is 1.49. The Labute approximate surface area is 173 Å². The second kappa shape index (κ2) is 10.3. The summed E-state index contributed by atoms with van der Waals surface area (Å²) >= 11 is 0. The molecule has 0 fully saturated rings. The van der Waals surface area contributed by atoms with Gasteiger partial charge in [-0.2, -0.15) is 0 Å². The minimum Gasteiger partial charge on any atom is -0.493 e. The van der Waals surface area contributed by atoms with Crippen LogP contribution in [0.5, 0.6) is 11.5 Å². The standard InChI is InChI=1S/C23H34O6/c1-8-22(4,5)14-23(6,16(2)3)21(26)29-15-28-18-11-9-17(10-12-20(24)25)13-19(18)27-7/h9-13,16H,8,14-15H2,1-7H3,(H,24,25)/b12-10+. The first kappa shape index (κ1) is 24.5. The number of aliphatic carboxylic acids is 1. The lowest BCUT2D eigenvalue weighted by Crippen LogP contribution is -2.39. The zero-order valence-electron chi connectivity index (χ0n) is 18.6. The van der Waals surface area contributed by atoms with Crippen molar-refractivity contribution in [3.63, 3.8) is 0 Å². The number of ether oxygens (including phenoxy) is 3. The maximum atomic E-state index is 12.8. The third kappa shape index (κ3) is 7.11. The number of rotatable bonds is 11. The fraction of sp³-hybridized carbons (Fsp3) is 0.565. The van der Waals surface area contributed by atoms with Crippen LogP contribution in [0, 0.1) is 16.7 Å². The molecule has 0 heterocycles. The van der Waals surface area contributed by atoms with Crippen molar-refractivity contribution < 1.29 is 28.9 Å². The Kier molecular flexibility index (Phi) is 8.74. The first-order valence-corrected chi connectivity index (χ1v) is 9.84. The topological polar surface area (TPSA) is 82.1 Å². The van der Waals surface area contributed by atoms with Gasteiger partial charge in [-0.3, -0.25) is 4.79 Å². The molecule has 6 nitrogen and oxygen atoms in total. The van der Waals surface area contributed by atoms with Gasteiger partial charge in [-0.25, -0.2) is 4.79 Å². The molecule has 1 unspecified atom stereocenters. The molecule has 0 saturated carbocycles. The van der Waals surface area contributed by atoms with Crippen molar-refractivity contribution in [3.8, 4) is 11.5 Å². The predicted molar refractivity (Wildman–Crippen MR) is 113 cm³/mol. The molecule has 0 aliphatic carbocycles. The van der Waals surface area contributed by atoms with Crippen LogP contribution in [0.3, 0.4) is 0 Å². The van der Waals surface area contributed by atoms with E-state index in [1.54, 1.807) is 18.2 Å². The van der Waals surface area contributed by atoms with Crippen LogP contribution in [0.2, 0.25) is 0 Å². The minimum absolute atomic E-state index is 0.0292. The molecule has 1 aromatic rings. The molecule has 29 heavy (non-hydrogen) atoms. The van der Waals surface area contributed by atoms with E-state index in [1.165, 1.54) is 13.2 Å². The summed E-state index contributed by atoms with van der Waals surface area (Å²) in [4.78, 5) is 23.5. The van der Waals surface area contributed by atoms with Gasteiger partial charge in [0.15, 0.2) is 11.5 Å². The van der Waals surface area contributed by atoms with E-state index in [2.05, 4.69) is 20.8 Å². The molecule has 0 saturated heterocycles. The normalized spacial score (nSPS) is 13.9. The van der Waals surface area contributed by atoms with Gasteiger partial charge in [0.2, 0.25) is 6.79 Å². The van der Waals surface area contributed by atoms with E-state index >= 15 is 0 Å². The Hall–Kier alpha value is -2.50. The van der Waals surface area contributed by atoms with E-state index in [9.17, 15) is 9.59 Å². The number of carboxylic acids is 1. The van der Waals surface area contributed by atoms with Gasteiger partial charge < -0.3 is 19.3 Å². The first-order chi connectivity index (χ1) is 13.4. The lowest BCUT2D eigenvalue weighted by atomic mass is 9.67. The zero-order valence-corrected chi connectivity index (χ0v) is 18.6. The molecule has 0 aliphatic heterocycles. The fourth-order valence-electron chi connectivity index (χ4n) is 3.02. The molecular formula is C23H34O6. The molecule has 162 valence electrons. The van der Waals surface area contributed by atoms with E-state index in [4.69, 9.17) is 19.3 Å². The number of hydrogen-bond acceptors (Lipinski definition) is 5. The van der Waals surface area contributed by atoms with Crippen molar-refractivity contribution in [2.75, 3.05) is 13.9 Å². The molecule has 0 amide bonds. The smallest absolute Gasteiger partial charge is 0.328 e. The Morgan fingerprint density at radius 1 is 1.17 bits per heavy atom. The molecule has 0 aliphatic rings. The van der Waals surface area contributed by atoms with E-state index in [0.717, 1.165) is 18.9 Å². The van der Waals surface area contributed by atoms with Gasteiger partial charge in [-0.1, -0.05) is 47.1 Å². The lowest BCUT2D eigenvalue weighted by Gasteiger charge is -2.38. The van der Waals surface area contributed by atoms with Gasteiger partial charge in [0, 0.05) is 6.08 Å².